The zero-order valence-electron chi connectivity index (χ0n) is 13.2. The van der Waals surface area contributed by atoms with Crippen molar-refractivity contribution in [2.45, 2.75) is 6.18 Å². The smallest absolute Gasteiger partial charge is 0.362 e. The third-order valence-corrected chi connectivity index (χ3v) is 4.64. The average molecular weight is 425 g/mol. The highest BCUT2D eigenvalue weighted by atomic mass is 35.5. The Labute approximate surface area is 161 Å². The lowest BCUT2D eigenvalue weighted by atomic mass is 10.2. The van der Waals surface area contributed by atoms with E-state index in [0.29, 0.717) is 26.4 Å². The van der Waals surface area contributed by atoms with Gasteiger partial charge in [0.05, 0.1) is 15.7 Å². The number of benzene rings is 1. The number of carbonyl (C=O) groups excluding carboxylic acids is 1. The van der Waals surface area contributed by atoms with Crippen molar-refractivity contribution in [1.82, 2.24) is 4.98 Å². The average Bonchev–Trinajstić information content (AvgIpc) is 3.03. The molecule has 0 aliphatic carbocycles. The van der Waals surface area contributed by atoms with Gasteiger partial charge in [-0.2, -0.15) is 13.2 Å². The number of anilines is 1. The first-order valence-corrected chi connectivity index (χ1v) is 8.81. The molecule has 4 nitrogen and oxygen atoms in total. The summed E-state index contributed by atoms with van der Waals surface area (Å²) in [5.41, 5.74) is 1.25. The van der Waals surface area contributed by atoms with Crippen LogP contribution in [-0.2, 0) is 9.53 Å². The third kappa shape index (κ3) is 5.70. The minimum absolute atomic E-state index is 0.0859. The Kier molecular flexibility index (Phi) is 7.05. The first-order chi connectivity index (χ1) is 12.2. The van der Waals surface area contributed by atoms with E-state index in [1.165, 1.54) is 11.0 Å². The molecule has 1 heterocycles. The topological polar surface area (TPSA) is 42.4 Å². The first-order valence-electron chi connectivity index (χ1n) is 7.18. The van der Waals surface area contributed by atoms with E-state index >= 15 is 0 Å². The van der Waals surface area contributed by atoms with Crippen molar-refractivity contribution in [3.8, 4) is 11.3 Å². The Bertz CT molecular complexity index is 796. The van der Waals surface area contributed by atoms with Crippen LogP contribution in [0.1, 0.15) is 0 Å². The number of nitrogens with zero attached hydrogens (tertiary/aromatic N) is 2. The fourth-order valence-corrected chi connectivity index (χ4v) is 3.08. The van der Waals surface area contributed by atoms with E-state index in [9.17, 15) is 18.0 Å². The number of amides is 1. The number of carbonyl (C=O) groups is 1. The molecule has 2 aromatic rings. The zero-order valence-corrected chi connectivity index (χ0v) is 15.6. The summed E-state index contributed by atoms with van der Waals surface area (Å²) in [6.45, 7) is 1.42. The summed E-state index contributed by atoms with van der Waals surface area (Å²) >= 11 is 13.0. The second kappa shape index (κ2) is 8.85. The molecule has 1 aromatic heterocycles. The normalized spacial score (nSPS) is 11.4. The monoisotopic (exact) mass is 424 g/mol. The lowest BCUT2D eigenvalue weighted by molar-refractivity contribution is -0.175. The van der Waals surface area contributed by atoms with Crippen molar-refractivity contribution < 1.29 is 22.7 Å². The molecule has 0 aliphatic rings. The maximum absolute atomic E-state index is 12.2. The Morgan fingerprint density at radius 1 is 1.35 bits per heavy atom. The van der Waals surface area contributed by atoms with Crippen LogP contribution >= 0.6 is 34.5 Å². The van der Waals surface area contributed by atoms with Gasteiger partial charge >= 0.3 is 6.18 Å². The van der Waals surface area contributed by atoms with Crippen molar-refractivity contribution in [3.63, 3.8) is 0 Å². The van der Waals surface area contributed by atoms with Gasteiger partial charge in [0, 0.05) is 17.5 Å². The Morgan fingerprint density at radius 3 is 2.69 bits per heavy atom. The van der Waals surface area contributed by atoms with Crippen LogP contribution in [0.25, 0.3) is 11.3 Å². The predicted octanol–water partition coefficient (Wildman–Crippen LogP) is 5.21. The van der Waals surface area contributed by atoms with Gasteiger partial charge in [-0.1, -0.05) is 35.3 Å². The number of thiazole rings is 1. The summed E-state index contributed by atoms with van der Waals surface area (Å²) in [7, 11) is 0. The van der Waals surface area contributed by atoms with Crippen molar-refractivity contribution in [3.05, 3.63) is 46.3 Å². The minimum atomic E-state index is -4.49. The standard InChI is InChI=1S/C16H13Cl2F3N2O2S/c1-2-5-23(14(24)7-25-9-16(19,20)21)15-22-13(8-26-15)10-3-4-11(17)12(18)6-10/h2-4,6,8H,1,5,7,9H2. The molecule has 140 valence electrons. The van der Waals surface area contributed by atoms with E-state index in [-0.39, 0.29) is 6.54 Å². The number of hydrogen-bond donors (Lipinski definition) is 0. The number of alkyl halides is 3. The summed E-state index contributed by atoms with van der Waals surface area (Å²) in [5, 5.41) is 2.77. The summed E-state index contributed by atoms with van der Waals surface area (Å²) in [6, 6.07) is 4.98. The van der Waals surface area contributed by atoms with Gasteiger partial charge in [0.15, 0.2) is 5.13 Å². The van der Waals surface area contributed by atoms with Gasteiger partial charge in [-0.25, -0.2) is 4.98 Å². The molecule has 1 aromatic carbocycles. The lowest BCUT2D eigenvalue weighted by Crippen LogP contribution is -2.35. The Hall–Kier alpha value is -1.61. The molecule has 0 saturated heterocycles. The molecule has 0 atom stereocenters. The number of halogens is 5. The van der Waals surface area contributed by atoms with E-state index < -0.39 is 25.3 Å². The van der Waals surface area contributed by atoms with Crippen LogP contribution in [0.3, 0.4) is 0 Å². The third-order valence-electron chi connectivity index (χ3n) is 3.04. The van der Waals surface area contributed by atoms with Crippen molar-refractivity contribution in [2.24, 2.45) is 0 Å². The van der Waals surface area contributed by atoms with E-state index in [4.69, 9.17) is 23.2 Å². The van der Waals surface area contributed by atoms with Gasteiger partial charge in [-0.15, -0.1) is 17.9 Å². The molecular formula is C16H13Cl2F3N2O2S. The van der Waals surface area contributed by atoms with Crippen LogP contribution in [0.2, 0.25) is 10.0 Å². The van der Waals surface area contributed by atoms with Gasteiger partial charge < -0.3 is 4.74 Å². The number of hydrogen-bond acceptors (Lipinski definition) is 4. The Morgan fingerprint density at radius 2 is 2.08 bits per heavy atom. The van der Waals surface area contributed by atoms with Crippen molar-refractivity contribution in [2.75, 3.05) is 24.7 Å². The van der Waals surface area contributed by atoms with E-state index in [0.717, 1.165) is 11.3 Å². The molecule has 1 amide bonds. The highest BCUT2D eigenvalue weighted by Gasteiger charge is 2.28. The van der Waals surface area contributed by atoms with Crippen LogP contribution in [0, 0.1) is 0 Å². The lowest BCUT2D eigenvalue weighted by Gasteiger charge is -2.18. The minimum Gasteiger partial charge on any atom is -0.362 e. The molecule has 0 N–H and O–H groups in total. The first kappa shape index (κ1) is 20.7. The molecule has 0 saturated carbocycles. The number of aromatic nitrogens is 1. The SMILES string of the molecule is C=CCN(C(=O)COCC(F)(F)F)c1nc(-c2ccc(Cl)c(Cl)c2)cs1. The van der Waals surface area contributed by atoms with E-state index in [2.05, 4.69) is 16.3 Å². The predicted molar refractivity (Wildman–Crippen MR) is 97.0 cm³/mol. The van der Waals surface area contributed by atoms with Crippen LogP contribution in [0.15, 0.2) is 36.2 Å². The summed E-state index contributed by atoms with van der Waals surface area (Å²) < 4.78 is 40.8. The number of ether oxygens (including phenoxy) is 1. The van der Waals surface area contributed by atoms with Crippen molar-refractivity contribution in [1.29, 1.82) is 0 Å². The van der Waals surface area contributed by atoms with Gasteiger partial charge in [-0.05, 0) is 12.1 Å². The second-order valence-corrected chi connectivity index (χ2v) is 6.70. The summed E-state index contributed by atoms with van der Waals surface area (Å²) in [5.74, 6) is -0.649. The van der Waals surface area contributed by atoms with Gasteiger partial charge in [0.2, 0.25) is 0 Å². The molecule has 0 bridgehead atoms. The molecule has 0 radical (unpaired) electrons. The van der Waals surface area contributed by atoms with Gasteiger partial charge in [-0.3, -0.25) is 9.69 Å². The van der Waals surface area contributed by atoms with Gasteiger partial charge in [0.25, 0.3) is 5.91 Å². The number of rotatable bonds is 7. The fraction of sp³-hybridized carbons (Fsp3) is 0.250. The zero-order chi connectivity index (χ0) is 19.3. The summed E-state index contributed by atoms with van der Waals surface area (Å²) in [4.78, 5) is 17.7. The molecule has 26 heavy (non-hydrogen) atoms. The Balaban J connectivity index is 2.14. The van der Waals surface area contributed by atoms with Crippen molar-refractivity contribution >= 4 is 45.6 Å². The molecule has 0 unspecified atom stereocenters. The van der Waals surface area contributed by atoms with Crippen LogP contribution in [0.5, 0.6) is 0 Å². The molecule has 10 heteroatoms. The molecule has 0 spiro atoms. The molecule has 0 aliphatic heterocycles. The second-order valence-electron chi connectivity index (χ2n) is 5.05. The molecule has 0 fully saturated rings. The maximum atomic E-state index is 12.2. The van der Waals surface area contributed by atoms with E-state index in [1.54, 1.807) is 23.6 Å². The van der Waals surface area contributed by atoms with Crippen LogP contribution in [-0.4, -0.2) is 36.8 Å². The maximum Gasteiger partial charge on any atom is 0.411 e. The quantitative estimate of drug-likeness (QED) is 0.572. The van der Waals surface area contributed by atoms with Crippen LogP contribution in [0.4, 0.5) is 18.3 Å². The van der Waals surface area contributed by atoms with Crippen LogP contribution < -0.4 is 4.90 Å². The summed E-state index contributed by atoms with van der Waals surface area (Å²) in [6.07, 6.45) is -3.05. The molecule has 2 rings (SSSR count). The van der Waals surface area contributed by atoms with Gasteiger partial charge in [0.1, 0.15) is 13.2 Å². The highest BCUT2D eigenvalue weighted by molar-refractivity contribution is 7.14. The highest BCUT2D eigenvalue weighted by Crippen LogP contribution is 2.31. The molecular weight excluding hydrogens is 412 g/mol. The largest absolute Gasteiger partial charge is 0.411 e. The fourth-order valence-electron chi connectivity index (χ4n) is 1.92. The van der Waals surface area contributed by atoms with E-state index in [1.807, 2.05) is 0 Å².